The van der Waals surface area contributed by atoms with Crippen LogP contribution in [0.15, 0.2) is 0 Å². The molecule has 0 amide bonds. The number of hydrogen-bond acceptors (Lipinski definition) is 4. The average Bonchev–Trinajstić information content (AvgIpc) is 2.32. The Morgan fingerprint density at radius 2 is 2.25 bits per heavy atom. The summed E-state index contributed by atoms with van der Waals surface area (Å²) in [6.45, 7) is 1.81. The predicted octanol–water partition coefficient (Wildman–Crippen LogP) is -1.21. The van der Waals surface area contributed by atoms with Crippen molar-refractivity contribution in [3.05, 3.63) is 0 Å². The second-order valence-corrected chi connectivity index (χ2v) is 3.24. The zero-order valence-electron chi connectivity index (χ0n) is 6.86. The van der Waals surface area contributed by atoms with Gasteiger partial charge in [-0.25, -0.2) is 0 Å². The molecule has 0 aliphatic carbocycles. The second kappa shape index (κ2) is 3.07. The maximum Gasteiger partial charge on any atom is 0.314 e. The van der Waals surface area contributed by atoms with Gasteiger partial charge in [-0.05, 0) is 13.3 Å². The highest BCUT2D eigenvalue weighted by atomic mass is 16.5. The normalized spacial score (nSPS) is 34.4. The minimum atomic E-state index is -1.40. The SMILES string of the molecule is [B]C(O)[C@H](O)[C@]1(C)CCOC1=O. The van der Waals surface area contributed by atoms with Crippen LogP contribution in [0.4, 0.5) is 0 Å². The van der Waals surface area contributed by atoms with Gasteiger partial charge in [0.1, 0.15) is 7.85 Å². The molecule has 66 valence electrons. The van der Waals surface area contributed by atoms with Crippen LogP contribution in [0.25, 0.3) is 0 Å². The van der Waals surface area contributed by atoms with Crippen LogP contribution < -0.4 is 0 Å². The molecule has 2 radical (unpaired) electrons. The summed E-state index contributed by atoms with van der Waals surface area (Å²) in [4.78, 5) is 11.1. The third-order valence-electron chi connectivity index (χ3n) is 2.30. The van der Waals surface area contributed by atoms with Crippen LogP contribution in [0, 0.1) is 5.41 Å². The Hall–Kier alpha value is -0.545. The fourth-order valence-corrected chi connectivity index (χ4v) is 1.27. The molecule has 1 rings (SSSR count). The molecule has 0 spiro atoms. The van der Waals surface area contributed by atoms with Gasteiger partial charge >= 0.3 is 5.97 Å². The van der Waals surface area contributed by atoms with Gasteiger partial charge in [0.05, 0.1) is 18.1 Å². The van der Waals surface area contributed by atoms with Gasteiger partial charge in [-0.3, -0.25) is 4.79 Å². The molecule has 3 atom stereocenters. The Bertz CT molecular complexity index is 194. The van der Waals surface area contributed by atoms with E-state index in [0.717, 1.165) is 0 Å². The number of aliphatic hydroxyl groups is 2. The van der Waals surface area contributed by atoms with Crippen LogP contribution in [0.1, 0.15) is 13.3 Å². The highest BCUT2D eigenvalue weighted by Gasteiger charge is 2.47. The maximum absolute atomic E-state index is 11.1. The lowest BCUT2D eigenvalue weighted by atomic mass is 9.75. The first-order valence-electron chi connectivity index (χ1n) is 3.77. The van der Waals surface area contributed by atoms with E-state index in [1.807, 2.05) is 0 Å². The summed E-state index contributed by atoms with van der Waals surface area (Å²) >= 11 is 0. The van der Waals surface area contributed by atoms with E-state index >= 15 is 0 Å². The van der Waals surface area contributed by atoms with Crippen molar-refractivity contribution >= 4 is 13.8 Å². The van der Waals surface area contributed by atoms with Crippen LogP contribution in [-0.4, -0.2) is 42.7 Å². The number of rotatable bonds is 2. The van der Waals surface area contributed by atoms with Crippen molar-refractivity contribution in [3.63, 3.8) is 0 Å². The van der Waals surface area contributed by atoms with Crippen LogP contribution in [-0.2, 0) is 9.53 Å². The molecule has 0 aromatic carbocycles. The van der Waals surface area contributed by atoms with E-state index in [4.69, 9.17) is 13.0 Å². The van der Waals surface area contributed by atoms with Gasteiger partial charge < -0.3 is 14.9 Å². The molecule has 5 heteroatoms. The lowest BCUT2D eigenvalue weighted by Crippen LogP contribution is -2.44. The van der Waals surface area contributed by atoms with Gasteiger partial charge in [-0.2, -0.15) is 0 Å². The minimum Gasteiger partial charge on any atom is -0.465 e. The smallest absolute Gasteiger partial charge is 0.314 e. The van der Waals surface area contributed by atoms with Crippen LogP contribution in [0.5, 0.6) is 0 Å². The summed E-state index contributed by atoms with van der Waals surface area (Å²) in [5, 5.41) is 18.3. The van der Waals surface area contributed by atoms with Gasteiger partial charge in [-0.1, -0.05) is 0 Å². The van der Waals surface area contributed by atoms with E-state index in [2.05, 4.69) is 4.74 Å². The molecule has 1 heterocycles. The second-order valence-electron chi connectivity index (χ2n) is 3.24. The van der Waals surface area contributed by atoms with Crippen molar-refractivity contribution in [2.75, 3.05) is 6.61 Å². The highest BCUT2D eigenvalue weighted by Crippen LogP contribution is 2.34. The lowest BCUT2D eigenvalue weighted by Gasteiger charge is -2.27. The molecule has 1 fully saturated rings. The van der Waals surface area contributed by atoms with Gasteiger partial charge in [0, 0.05) is 6.00 Å². The van der Waals surface area contributed by atoms with E-state index in [1.54, 1.807) is 0 Å². The third-order valence-corrected chi connectivity index (χ3v) is 2.30. The zero-order chi connectivity index (χ0) is 9.35. The molecule has 12 heavy (non-hydrogen) atoms. The minimum absolute atomic E-state index is 0.277. The van der Waals surface area contributed by atoms with Gasteiger partial charge in [0.15, 0.2) is 0 Å². The van der Waals surface area contributed by atoms with Crippen molar-refractivity contribution in [1.82, 2.24) is 0 Å². The fraction of sp³-hybridized carbons (Fsp3) is 0.857. The van der Waals surface area contributed by atoms with E-state index in [0.29, 0.717) is 6.42 Å². The Kier molecular flexibility index (Phi) is 2.44. The molecule has 0 bridgehead atoms. The van der Waals surface area contributed by atoms with Gasteiger partial charge in [-0.15, -0.1) is 0 Å². The summed E-state index contributed by atoms with van der Waals surface area (Å²) in [6.07, 6.45) is -0.867. The number of esters is 1. The first-order chi connectivity index (χ1) is 5.48. The summed E-state index contributed by atoms with van der Waals surface area (Å²) in [5.74, 6) is -0.500. The van der Waals surface area contributed by atoms with Crippen molar-refractivity contribution in [1.29, 1.82) is 0 Å². The molecule has 0 aromatic heterocycles. The summed E-state index contributed by atoms with van der Waals surface area (Å²) < 4.78 is 4.67. The van der Waals surface area contributed by atoms with E-state index in [9.17, 15) is 9.90 Å². The molecular formula is C7H11BO4. The number of carbonyl (C=O) groups is 1. The molecule has 1 unspecified atom stereocenters. The Morgan fingerprint density at radius 3 is 2.58 bits per heavy atom. The summed E-state index contributed by atoms with van der Waals surface area (Å²) in [6, 6.07) is -1.40. The predicted molar refractivity (Wildman–Crippen MR) is 41.5 cm³/mol. The first-order valence-corrected chi connectivity index (χ1v) is 3.77. The highest BCUT2D eigenvalue weighted by molar-refractivity contribution is 6.11. The zero-order valence-corrected chi connectivity index (χ0v) is 6.86. The van der Waals surface area contributed by atoms with Crippen molar-refractivity contribution < 1.29 is 19.7 Å². The Balaban J connectivity index is 2.76. The van der Waals surface area contributed by atoms with Crippen LogP contribution in [0.2, 0.25) is 0 Å². The van der Waals surface area contributed by atoms with E-state index in [1.165, 1.54) is 6.92 Å². The number of cyclic esters (lactones) is 1. The topological polar surface area (TPSA) is 66.8 Å². The van der Waals surface area contributed by atoms with Crippen LogP contribution in [0.3, 0.4) is 0 Å². The monoisotopic (exact) mass is 170 g/mol. The van der Waals surface area contributed by atoms with Crippen molar-refractivity contribution in [3.8, 4) is 0 Å². The third kappa shape index (κ3) is 1.34. The summed E-state index contributed by atoms with van der Waals surface area (Å²) in [7, 11) is 5.06. The molecule has 4 nitrogen and oxygen atoms in total. The molecule has 0 saturated carbocycles. The van der Waals surface area contributed by atoms with E-state index in [-0.39, 0.29) is 6.61 Å². The molecule has 2 N–H and O–H groups in total. The van der Waals surface area contributed by atoms with Gasteiger partial charge in [0.25, 0.3) is 0 Å². The largest absolute Gasteiger partial charge is 0.465 e. The Morgan fingerprint density at radius 1 is 1.67 bits per heavy atom. The number of ether oxygens (including phenoxy) is 1. The molecule has 0 aromatic rings. The standard InChI is InChI=1S/C7H11BO4/c1-7(4(9)5(8)10)2-3-12-6(7)11/h4-5,9-10H,2-3H2,1H3/t4-,5?,7-/m0/s1. The molecule has 1 aliphatic rings. The number of carbonyl (C=O) groups excluding carboxylic acids is 1. The maximum atomic E-state index is 11.1. The molecule has 1 aliphatic heterocycles. The average molecular weight is 170 g/mol. The number of hydrogen-bond donors (Lipinski definition) is 2. The first kappa shape index (κ1) is 9.54. The van der Waals surface area contributed by atoms with E-state index < -0.39 is 23.5 Å². The summed E-state index contributed by atoms with van der Waals surface area (Å²) in [5.41, 5.74) is -1.05. The quantitative estimate of drug-likeness (QED) is 0.403. The number of aliphatic hydroxyl groups excluding tert-OH is 2. The van der Waals surface area contributed by atoms with Gasteiger partial charge in [0.2, 0.25) is 0 Å². The lowest BCUT2D eigenvalue weighted by molar-refractivity contribution is -0.152. The Labute approximate surface area is 71.9 Å². The van der Waals surface area contributed by atoms with Crippen LogP contribution >= 0.6 is 0 Å². The van der Waals surface area contributed by atoms with Crippen molar-refractivity contribution in [2.24, 2.45) is 5.41 Å². The fourth-order valence-electron chi connectivity index (χ4n) is 1.27. The van der Waals surface area contributed by atoms with Crippen molar-refractivity contribution in [2.45, 2.75) is 25.5 Å². The molecular weight excluding hydrogens is 159 g/mol. The molecule has 1 saturated heterocycles.